The summed E-state index contributed by atoms with van der Waals surface area (Å²) in [7, 11) is 0. The van der Waals surface area contributed by atoms with Gasteiger partial charge in [0.1, 0.15) is 18.8 Å². The van der Waals surface area contributed by atoms with Crippen LogP contribution in [-0.2, 0) is 11.4 Å². The number of fused-ring (bicyclic) bond motifs is 1. The van der Waals surface area contributed by atoms with E-state index in [1.54, 1.807) is 6.07 Å². The molecule has 3 aromatic rings. The Morgan fingerprint density at radius 1 is 1.19 bits per heavy atom. The number of nitrogens with zero attached hydrogens (tertiary/aromatic N) is 2. The lowest BCUT2D eigenvalue weighted by molar-refractivity contribution is -0.120. The average molecular weight is 422 g/mol. The Morgan fingerprint density at radius 2 is 2.00 bits per heavy atom. The van der Waals surface area contributed by atoms with Crippen molar-refractivity contribution in [2.24, 2.45) is 5.10 Å². The highest BCUT2D eigenvalue weighted by Gasteiger charge is 2.06. The minimum absolute atomic E-state index is 0.236. The molecule has 0 aliphatic heterocycles. The normalized spacial score (nSPS) is 10.7. The molecule has 0 heterocycles. The van der Waals surface area contributed by atoms with Crippen LogP contribution in [0.25, 0.3) is 10.8 Å². The van der Waals surface area contributed by atoms with Crippen molar-refractivity contribution >= 4 is 38.8 Å². The molecule has 6 heteroatoms. The van der Waals surface area contributed by atoms with Crippen molar-refractivity contribution < 1.29 is 9.53 Å². The maximum Gasteiger partial charge on any atom is 0.254 e. The second-order valence-corrected chi connectivity index (χ2v) is 6.65. The predicted molar refractivity (Wildman–Crippen MR) is 108 cm³/mol. The molecule has 5 nitrogen and oxygen atoms in total. The Bertz CT molecular complexity index is 1040. The van der Waals surface area contributed by atoms with Gasteiger partial charge in [-0.2, -0.15) is 10.4 Å². The summed E-state index contributed by atoms with van der Waals surface area (Å²) in [6.45, 7) is 0.407. The second kappa shape index (κ2) is 8.97. The molecular weight excluding hydrogens is 406 g/mol. The van der Waals surface area contributed by atoms with E-state index in [4.69, 9.17) is 10.00 Å². The molecule has 0 saturated heterocycles. The maximum absolute atomic E-state index is 11.3. The monoisotopic (exact) mass is 421 g/mol. The fourth-order valence-corrected chi connectivity index (χ4v) is 2.99. The standard InChI is InChI=1S/C21H16BrN3O2/c22-18-8-9-20(17(12-18)13-24-25-21(26)10-11-23)27-14-16-6-3-5-15-4-1-2-7-19(15)16/h1-9,12-13H,10,14H2,(H,25,26)/b24-13-. The Kier molecular flexibility index (Phi) is 6.18. The number of rotatable bonds is 6. The smallest absolute Gasteiger partial charge is 0.254 e. The lowest BCUT2D eigenvalue weighted by atomic mass is 10.1. The van der Waals surface area contributed by atoms with Gasteiger partial charge in [-0.05, 0) is 34.5 Å². The minimum Gasteiger partial charge on any atom is -0.488 e. The Hall–Kier alpha value is -3.17. The number of nitrogens with one attached hydrogen (secondary N) is 1. The fraction of sp³-hybridized carbons (Fsp3) is 0.0952. The number of carbonyl (C=O) groups is 1. The number of hydrazone groups is 1. The molecule has 0 saturated carbocycles. The van der Waals surface area contributed by atoms with Gasteiger partial charge in [-0.15, -0.1) is 0 Å². The SMILES string of the molecule is N#CCC(=O)N/N=C\c1cc(Br)ccc1OCc1cccc2ccccc12. The van der Waals surface area contributed by atoms with Gasteiger partial charge in [-0.25, -0.2) is 5.43 Å². The molecule has 0 unspecified atom stereocenters. The highest BCUT2D eigenvalue weighted by Crippen LogP contribution is 2.25. The number of benzene rings is 3. The van der Waals surface area contributed by atoms with Gasteiger partial charge in [0, 0.05) is 10.0 Å². The molecular formula is C21H16BrN3O2. The van der Waals surface area contributed by atoms with E-state index < -0.39 is 5.91 Å². The average Bonchev–Trinajstić information content (AvgIpc) is 2.67. The predicted octanol–water partition coefficient (Wildman–Crippen LogP) is 4.55. The first-order valence-electron chi connectivity index (χ1n) is 8.25. The number of halogens is 1. The van der Waals surface area contributed by atoms with E-state index in [0.717, 1.165) is 20.8 Å². The number of ether oxygens (including phenoxy) is 1. The molecule has 0 bridgehead atoms. The number of hydrogen-bond donors (Lipinski definition) is 1. The lowest BCUT2D eigenvalue weighted by Crippen LogP contribution is -2.16. The topological polar surface area (TPSA) is 74.5 Å². The number of amides is 1. The van der Waals surface area contributed by atoms with Crippen molar-refractivity contribution in [1.82, 2.24) is 5.43 Å². The van der Waals surface area contributed by atoms with E-state index in [1.165, 1.54) is 6.21 Å². The molecule has 3 rings (SSSR count). The van der Waals surface area contributed by atoms with Gasteiger partial charge >= 0.3 is 0 Å². The van der Waals surface area contributed by atoms with E-state index in [0.29, 0.717) is 17.9 Å². The van der Waals surface area contributed by atoms with E-state index in [9.17, 15) is 4.79 Å². The van der Waals surface area contributed by atoms with Crippen molar-refractivity contribution in [1.29, 1.82) is 5.26 Å². The van der Waals surface area contributed by atoms with Crippen LogP contribution in [-0.4, -0.2) is 12.1 Å². The molecule has 0 atom stereocenters. The molecule has 0 aliphatic carbocycles. The van der Waals surface area contributed by atoms with Crippen molar-refractivity contribution in [3.63, 3.8) is 0 Å². The number of hydrogen-bond acceptors (Lipinski definition) is 4. The summed E-state index contributed by atoms with van der Waals surface area (Å²) in [6, 6.07) is 21.6. The van der Waals surface area contributed by atoms with Gasteiger partial charge in [-0.3, -0.25) is 4.79 Å². The van der Waals surface area contributed by atoms with Crippen molar-refractivity contribution in [2.75, 3.05) is 0 Å². The van der Waals surface area contributed by atoms with Crippen molar-refractivity contribution in [3.05, 3.63) is 76.3 Å². The van der Waals surface area contributed by atoms with Crippen LogP contribution in [0.4, 0.5) is 0 Å². The molecule has 0 aromatic heterocycles. The van der Waals surface area contributed by atoms with Gasteiger partial charge in [0.2, 0.25) is 0 Å². The largest absolute Gasteiger partial charge is 0.488 e. The molecule has 0 radical (unpaired) electrons. The van der Waals surface area contributed by atoms with Gasteiger partial charge in [0.05, 0.1) is 12.3 Å². The zero-order valence-corrected chi connectivity index (χ0v) is 15.9. The van der Waals surface area contributed by atoms with E-state index in [2.05, 4.69) is 44.7 Å². The summed E-state index contributed by atoms with van der Waals surface area (Å²) in [5, 5.41) is 14.7. The van der Waals surface area contributed by atoms with Gasteiger partial charge in [-0.1, -0.05) is 58.4 Å². The van der Waals surface area contributed by atoms with Gasteiger partial charge in [0.15, 0.2) is 0 Å². The maximum atomic E-state index is 11.3. The zero-order valence-electron chi connectivity index (χ0n) is 14.4. The Labute approximate surface area is 165 Å². The van der Waals surface area contributed by atoms with Crippen LogP contribution in [0.15, 0.2) is 70.2 Å². The van der Waals surface area contributed by atoms with Gasteiger partial charge in [0.25, 0.3) is 5.91 Å². The van der Waals surface area contributed by atoms with Crippen LogP contribution in [0.2, 0.25) is 0 Å². The highest BCUT2D eigenvalue weighted by atomic mass is 79.9. The third-order valence-corrected chi connectivity index (χ3v) is 4.36. The van der Waals surface area contributed by atoms with Crippen LogP contribution in [0.3, 0.4) is 0 Å². The first-order chi connectivity index (χ1) is 13.2. The Morgan fingerprint density at radius 3 is 2.85 bits per heavy atom. The molecule has 1 N–H and O–H groups in total. The first kappa shape index (κ1) is 18.6. The molecule has 27 heavy (non-hydrogen) atoms. The first-order valence-corrected chi connectivity index (χ1v) is 9.04. The van der Waals surface area contributed by atoms with Crippen molar-refractivity contribution in [3.8, 4) is 11.8 Å². The van der Waals surface area contributed by atoms with E-state index in [1.807, 2.05) is 42.5 Å². The second-order valence-electron chi connectivity index (χ2n) is 5.74. The number of nitriles is 1. The van der Waals surface area contributed by atoms with Crippen molar-refractivity contribution in [2.45, 2.75) is 13.0 Å². The quantitative estimate of drug-likeness (QED) is 0.468. The summed E-state index contributed by atoms with van der Waals surface area (Å²) in [4.78, 5) is 11.3. The third-order valence-electron chi connectivity index (χ3n) is 3.87. The summed E-state index contributed by atoms with van der Waals surface area (Å²) >= 11 is 3.42. The Balaban J connectivity index is 1.77. The molecule has 0 spiro atoms. The molecule has 0 aliphatic rings. The molecule has 134 valence electrons. The third kappa shape index (κ3) is 4.93. The summed E-state index contributed by atoms with van der Waals surface area (Å²) in [6.07, 6.45) is 1.26. The van der Waals surface area contributed by atoms with Crippen LogP contribution >= 0.6 is 15.9 Å². The summed E-state index contributed by atoms with van der Waals surface area (Å²) in [5.74, 6) is 0.186. The molecule has 1 amide bonds. The zero-order chi connectivity index (χ0) is 19.1. The van der Waals surface area contributed by atoms with E-state index >= 15 is 0 Å². The van der Waals surface area contributed by atoms with Gasteiger partial charge < -0.3 is 4.74 Å². The minimum atomic E-state index is -0.457. The highest BCUT2D eigenvalue weighted by molar-refractivity contribution is 9.10. The number of carbonyl (C=O) groups excluding carboxylic acids is 1. The molecule has 3 aromatic carbocycles. The van der Waals surface area contributed by atoms with Crippen LogP contribution in [0.1, 0.15) is 17.5 Å². The van der Waals surface area contributed by atoms with E-state index in [-0.39, 0.29) is 6.42 Å². The molecule has 0 fully saturated rings. The summed E-state index contributed by atoms with van der Waals surface area (Å²) < 4.78 is 6.88. The van der Waals surface area contributed by atoms with Crippen LogP contribution in [0.5, 0.6) is 5.75 Å². The lowest BCUT2D eigenvalue weighted by Gasteiger charge is -2.11. The van der Waals surface area contributed by atoms with Crippen LogP contribution in [0, 0.1) is 11.3 Å². The van der Waals surface area contributed by atoms with Crippen LogP contribution < -0.4 is 10.2 Å². The summed E-state index contributed by atoms with van der Waals surface area (Å²) in [5.41, 5.74) is 4.11. The fourth-order valence-electron chi connectivity index (χ4n) is 2.61.